The lowest BCUT2D eigenvalue weighted by Crippen LogP contribution is -2.01. The van der Waals surface area contributed by atoms with Crippen molar-refractivity contribution in [1.82, 2.24) is 35.8 Å². The number of hydrogen-bond donors (Lipinski definition) is 0. The average Bonchev–Trinajstić information content (AvgIpc) is 1.79. The first-order chi connectivity index (χ1) is 43.6. The van der Waals surface area contributed by atoms with Crippen molar-refractivity contribution in [3.63, 3.8) is 0 Å². The van der Waals surface area contributed by atoms with Gasteiger partial charge in [-0.05, 0) is 108 Å². The van der Waals surface area contributed by atoms with Gasteiger partial charge in [0, 0.05) is 136 Å². The molecule has 10 heteroatoms. The van der Waals surface area contributed by atoms with E-state index >= 15 is 0 Å². The molecular weight excluding hydrogens is 1110 g/mol. The number of para-hydroxylation sites is 4. The summed E-state index contributed by atoms with van der Waals surface area (Å²) in [5.41, 5.74) is 27.3. The second kappa shape index (κ2) is 20.0. The number of nitrogens with zero attached hydrogens (tertiary/aromatic N) is 8. The Morgan fingerprint density at radius 2 is 0.591 bits per heavy atom. The molecule has 0 N–H and O–H groups in total. The number of hydrogen-bond acceptors (Lipinski definition) is 6. The Morgan fingerprint density at radius 1 is 0.261 bits per heavy atom. The Bertz CT molecular complexity index is 5860. The van der Waals surface area contributed by atoms with Crippen molar-refractivity contribution in [2.75, 3.05) is 0 Å². The molecule has 18 aromatic rings. The molecule has 0 aliphatic rings. The van der Waals surface area contributed by atoms with E-state index in [0.717, 1.165) is 86.2 Å². The van der Waals surface area contributed by atoms with Gasteiger partial charge in [-0.25, -0.2) is 0 Å². The van der Waals surface area contributed by atoms with E-state index in [9.17, 15) is 0 Å². The Morgan fingerprint density at radius 3 is 1.03 bits per heavy atom. The fraction of sp³-hybridized carbons (Fsp3) is 0.0769. The van der Waals surface area contributed by atoms with E-state index in [1.165, 1.54) is 133 Å². The minimum Gasteiger partial charge on any atom is -0.341 e. The maximum atomic E-state index is 5.04. The van der Waals surface area contributed by atoms with E-state index in [4.69, 9.17) is 17.5 Å². The summed E-state index contributed by atoms with van der Waals surface area (Å²) in [7, 11) is 0. The largest absolute Gasteiger partial charge is 0.341 e. The van der Waals surface area contributed by atoms with Gasteiger partial charge in [0.15, 0.2) is 0 Å². The van der Waals surface area contributed by atoms with Crippen LogP contribution in [0, 0.1) is 0 Å². The average molecular weight is 1170 g/mol. The SMILES string of the molecule is CCn1c2ccccc2c2cc(-c3ccc(-c4ccc5c(c4)c4cccc(-c6cccc7c8cc(-c9ccc(-c%10ccc%11c(c%10)c%10ccccc%10n%11Cc%10ccccc%10)c%10nsnc9%10)ccc8n(Cc8ccccc8)c67)c4n5CC)c4nsnc34)ccc21. The van der Waals surface area contributed by atoms with Crippen LogP contribution in [-0.2, 0) is 26.2 Å². The maximum absolute atomic E-state index is 5.04. The summed E-state index contributed by atoms with van der Waals surface area (Å²) >= 11 is 2.57. The van der Waals surface area contributed by atoms with Crippen LogP contribution in [-0.4, -0.2) is 35.8 Å². The van der Waals surface area contributed by atoms with Crippen LogP contribution in [0.4, 0.5) is 0 Å². The van der Waals surface area contributed by atoms with Gasteiger partial charge >= 0.3 is 0 Å². The molecule has 0 amide bonds. The van der Waals surface area contributed by atoms with E-state index in [1.807, 2.05) is 0 Å². The molecule has 0 aliphatic heterocycles. The zero-order valence-electron chi connectivity index (χ0n) is 48.3. The van der Waals surface area contributed by atoms with Crippen molar-refractivity contribution >= 4 is 133 Å². The summed E-state index contributed by atoms with van der Waals surface area (Å²) in [6.45, 7) is 7.73. The summed E-state index contributed by atoms with van der Waals surface area (Å²) < 4.78 is 29.9. The Kier molecular flexibility index (Phi) is 11.6. The van der Waals surface area contributed by atoms with Crippen LogP contribution < -0.4 is 0 Å². The van der Waals surface area contributed by atoms with Crippen LogP contribution in [0.15, 0.2) is 243 Å². The third-order valence-electron chi connectivity index (χ3n) is 18.7. The van der Waals surface area contributed by atoms with E-state index in [2.05, 4.69) is 275 Å². The van der Waals surface area contributed by atoms with Gasteiger partial charge in [0.05, 0.1) is 34.5 Å². The van der Waals surface area contributed by atoms with Gasteiger partial charge in [-0.2, -0.15) is 17.5 Å². The highest BCUT2D eigenvalue weighted by Crippen LogP contribution is 2.46. The van der Waals surface area contributed by atoms with E-state index in [1.54, 1.807) is 0 Å². The second-order valence-electron chi connectivity index (χ2n) is 23.2. The third-order valence-corrected chi connectivity index (χ3v) is 19.7. The van der Waals surface area contributed by atoms with Crippen LogP contribution in [0.1, 0.15) is 25.0 Å². The molecular formula is C78H54N8S2. The van der Waals surface area contributed by atoms with Gasteiger partial charge < -0.3 is 18.3 Å². The van der Waals surface area contributed by atoms with Crippen LogP contribution in [0.25, 0.3) is 165 Å². The van der Waals surface area contributed by atoms with Gasteiger partial charge in [-0.3, -0.25) is 0 Å². The molecule has 0 unspecified atom stereocenters. The van der Waals surface area contributed by atoms with Gasteiger partial charge in [-0.15, -0.1) is 0 Å². The standard InChI is InChI=1S/C78H54N8S2/c1-3-83-67-27-13-11-21-57(67)63-41-49(29-37-69(63)83)53-33-35-55(75-73(53)79-87-81-75)51-30-38-70-65(43-51)61-25-15-23-59(77(61)84(70)4-2)60-24-16-26-62-66-44-52(32-40-72(66)86(78(60)62)46-48-19-9-6-10-20-48)56-36-34-54(74-76(56)82-88-80-74)50-31-39-71-64(42-50)58-22-12-14-28-68(58)85(71)45-47-17-7-5-8-18-47/h5-44H,3-4,45-46H2,1-2H3. The summed E-state index contributed by atoms with van der Waals surface area (Å²) in [4.78, 5) is 0. The summed E-state index contributed by atoms with van der Waals surface area (Å²) in [6.07, 6.45) is 0. The lowest BCUT2D eigenvalue weighted by molar-refractivity contribution is 0.827. The number of rotatable bonds is 11. The van der Waals surface area contributed by atoms with Crippen molar-refractivity contribution in [2.45, 2.75) is 40.0 Å². The first kappa shape index (κ1) is 50.8. The van der Waals surface area contributed by atoms with Gasteiger partial charge in [0.1, 0.15) is 22.1 Å². The molecule has 0 saturated carbocycles. The molecule has 88 heavy (non-hydrogen) atoms. The van der Waals surface area contributed by atoms with Gasteiger partial charge in [0.25, 0.3) is 0 Å². The number of aromatic nitrogens is 8. The lowest BCUT2D eigenvalue weighted by Gasteiger charge is -2.14. The summed E-state index contributed by atoms with van der Waals surface area (Å²) in [5.74, 6) is 0. The molecule has 6 heterocycles. The van der Waals surface area contributed by atoms with E-state index in [0.29, 0.717) is 6.54 Å². The molecule has 0 saturated heterocycles. The normalized spacial score (nSPS) is 12.2. The molecule has 18 rings (SSSR count). The zero-order valence-corrected chi connectivity index (χ0v) is 49.9. The zero-order chi connectivity index (χ0) is 58.1. The predicted molar refractivity (Wildman–Crippen MR) is 370 cm³/mol. The minimum atomic E-state index is 0.716. The highest BCUT2D eigenvalue weighted by molar-refractivity contribution is 7.00. The first-order valence-electron chi connectivity index (χ1n) is 30.3. The fourth-order valence-electron chi connectivity index (χ4n) is 14.7. The molecule has 0 radical (unpaired) electrons. The molecule has 12 aromatic carbocycles. The second-order valence-corrected chi connectivity index (χ2v) is 24.3. The fourth-order valence-corrected chi connectivity index (χ4v) is 15.9. The smallest absolute Gasteiger partial charge is 0.113 e. The number of benzene rings is 12. The predicted octanol–water partition coefficient (Wildman–Crippen LogP) is 20.6. The molecule has 418 valence electrons. The van der Waals surface area contributed by atoms with E-state index in [-0.39, 0.29) is 0 Å². The van der Waals surface area contributed by atoms with E-state index < -0.39 is 0 Å². The monoisotopic (exact) mass is 1170 g/mol. The number of fused-ring (bicyclic) bond motifs is 14. The Balaban J connectivity index is 0.751. The number of aryl methyl sites for hydroxylation is 2. The van der Waals surface area contributed by atoms with Crippen molar-refractivity contribution in [1.29, 1.82) is 0 Å². The van der Waals surface area contributed by atoms with Crippen LogP contribution >= 0.6 is 23.5 Å². The van der Waals surface area contributed by atoms with Crippen molar-refractivity contribution < 1.29 is 0 Å². The Labute approximate surface area is 514 Å². The molecule has 0 aliphatic carbocycles. The molecule has 0 fully saturated rings. The highest BCUT2D eigenvalue weighted by atomic mass is 32.1. The minimum absolute atomic E-state index is 0.716. The van der Waals surface area contributed by atoms with Crippen molar-refractivity contribution in [3.8, 4) is 55.6 Å². The molecule has 0 atom stereocenters. The van der Waals surface area contributed by atoms with Gasteiger partial charge in [0.2, 0.25) is 0 Å². The topological polar surface area (TPSA) is 71.3 Å². The lowest BCUT2D eigenvalue weighted by atomic mass is 9.95. The molecule has 0 spiro atoms. The Hall–Kier alpha value is -10.5. The van der Waals surface area contributed by atoms with Crippen LogP contribution in [0.3, 0.4) is 0 Å². The van der Waals surface area contributed by atoms with Crippen LogP contribution in [0.2, 0.25) is 0 Å². The highest BCUT2D eigenvalue weighted by Gasteiger charge is 2.24. The van der Waals surface area contributed by atoms with Crippen LogP contribution in [0.5, 0.6) is 0 Å². The molecule has 0 bridgehead atoms. The first-order valence-corrected chi connectivity index (χ1v) is 31.7. The quantitative estimate of drug-likeness (QED) is 0.129. The van der Waals surface area contributed by atoms with Crippen molar-refractivity contribution in [2.24, 2.45) is 0 Å². The summed E-state index contributed by atoms with van der Waals surface area (Å²) in [6, 6.07) is 89.6. The van der Waals surface area contributed by atoms with Crippen molar-refractivity contribution in [3.05, 3.63) is 254 Å². The third kappa shape index (κ3) is 7.68. The maximum Gasteiger partial charge on any atom is 0.113 e. The molecule has 6 aromatic heterocycles. The molecule has 8 nitrogen and oxygen atoms in total. The van der Waals surface area contributed by atoms with Gasteiger partial charge in [-0.1, -0.05) is 182 Å². The summed E-state index contributed by atoms with van der Waals surface area (Å²) in [5, 5.41) is 9.87.